The molecular weight excluding hydrogens is 338 g/mol. The van der Waals surface area contributed by atoms with Crippen LogP contribution < -0.4 is 5.32 Å². The van der Waals surface area contributed by atoms with Crippen LogP contribution in [0, 0.1) is 20.8 Å². The Bertz CT molecular complexity index is 1060. The van der Waals surface area contributed by atoms with E-state index < -0.39 is 0 Å². The van der Waals surface area contributed by atoms with E-state index in [1.165, 1.54) is 0 Å². The zero-order valence-corrected chi connectivity index (χ0v) is 14.7. The Hall–Kier alpha value is -3.00. The molecule has 0 saturated heterocycles. The summed E-state index contributed by atoms with van der Waals surface area (Å²) in [5.74, 6) is -0.246. The number of carbonyl (C=O) groups excluding carboxylic acids is 1. The predicted octanol–water partition coefficient (Wildman–Crippen LogP) is 3.85. The van der Waals surface area contributed by atoms with Gasteiger partial charge < -0.3 is 9.84 Å². The van der Waals surface area contributed by atoms with Gasteiger partial charge in [0.25, 0.3) is 11.6 Å². The van der Waals surface area contributed by atoms with E-state index in [0.29, 0.717) is 33.7 Å². The molecule has 0 saturated carbocycles. The zero-order chi connectivity index (χ0) is 17.6. The number of amides is 1. The van der Waals surface area contributed by atoms with Crippen molar-refractivity contribution in [3.63, 3.8) is 0 Å². The summed E-state index contributed by atoms with van der Waals surface area (Å²) in [6.45, 7) is 5.49. The van der Waals surface area contributed by atoms with Crippen LogP contribution in [-0.4, -0.2) is 26.2 Å². The van der Waals surface area contributed by atoms with Crippen molar-refractivity contribution >= 4 is 34.0 Å². The quantitative estimate of drug-likeness (QED) is 0.583. The van der Waals surface area contributed by atoms with Crippen molar-refractivity contribution in [1.29, 1.82) is 0 Å². The van der Waals surface area contributed by atoms with Crippen LogP contribution >= 0.6 is 11.3 Å². The van der Waals surface area contributed by atoms with Crippen molar-refractivity contribution in [3.05, 3.63) is 46.2 Å². The number of hydrogen-bond acceptors (Lipinski definition) is 6. The minimum atomic E-state index is -0.246. The molecule has 0 aliphatic carbocycles. The molecule has 126 valence electrons. The minimum absolute atomic E-state index is 0.246. The van der Waals surface area contributed by atoms with Gasteiger partial charge in [-0.1, -0.05) is 11.2 Å². The second-order valence-corrected chi connectivity index (χ2v) is 6.69. The molecule has 0 fully saturated rings. The van der Waals surface area contributed by atoms with Gasteiger partial charge in [0.15, 0.2) is 0 Å². The molecule has 0 unspecified atom stereocenters. The molecule has 1 amide bonds. The summed E-state index contributed by atoms with van der Waals surface area (Å²) in [7, 11) is 0. The maximum atomic E-state index is 13.0. The first-order chi connectivity index (χ1) is 12.0. The number of carbonyl (C=O) groups is 1. The summed E-state index contributed by atoms with van der Waals surface area (Å²) in [4.78, 5) is 18.4. The number of pyridine rings is 1. The molecular formula is C17H15N5O2S. The van der Waals surface area contributed by atoms with Gasteiger partial charge >= 0.3 is 0 Å². The second-order valence-electron chi connectivity index (χ2n) is 5.74. The lowest BCUT2D eigenvalue weighted by atomic mass is 10.1. The van der Waals surface area contributed by atoms with Gasteiger partial charge in [-0.15, -0.1) is 11.3 Å². The highest BCUT2D eigenvalue weighted by molar-refractivity contribution is 7.13. The van der Waals surface area contributed by atoms with Gasteiger partial charge in [0.2, 0.25) is 0 Å². The van der Waals surface area contributed by atoms with E-state index in [0.717, 1.165) is 16.3 Å². The summed E-state index contributed by atoms with van der Waals surface area (Å²) >= 11 is 1.55. The molecule has 25 heavy (non-hydrogen) atoms. The van der Waals surface area contributed by atoms with E-state index >= 15 is 0 Å². The molecule has 0 spiro atoms. The Balaban J connectivity index is 1.84. The highest BCUT2D eigenvalue weighted by atomic mass is 32.1. The standard InChI is InChI=1S/C17H15N5O2S/c1-8-14-11(16(23)19-15-9(2)20-21-10(15)3)7-12(13-5-4-6-25-13)18-17(14)24-22-8/h4-7H,1-3H3,(H,19,23)(H,20,21). The first kappa shape index (κ1) is 15.5. The van der Waals surface area contributed by atoms with E-state index in [1.807, 2.05) is 31.4 Å². The number of rotatable bonds is 3. The van der Waals surface area contributed by atoms with Crippen LogP contribution in [0.5, 0.6) is 0 Å². The highest BCUT2D eigenvalue weighted by Gasteiger charge is 2.21. The number of thiophene rings is 1. The van der Waals surface area contributed by atoms with Crippen LogP contribution in [-0.2, 0) is 0 Å². The molecule has 0 bridgehead atoms. The fourth-order valence-corrected chi connectivity index (χ4v) is 3.43. The summed E-state index contributed by atoms with van der Waals surface area (Å²) in [6.07, 6.45) is 0. The van der Waals surface area contributed by atoms with Gasteiger partial charge in [-0.2, -0.15) is 5.10 Å². The number of aryl methyl sites for hydroxylation is 3. The van der Waals surface area contributed by atoms with E-state index in [4.69, 9.17) is 4.52 Å². The lowest BCUT2D eigenvalue weighted by Gasteiger charge is -2.08. The molecule has 4 aromatic heterocycles. The topological polar surface area (TPSA) is 96.7 Å². The number of fused-ring (bicyclic) bond motifs is 1. The fourth-order valence-electron chi connectivity index (χ4n) is 2.74. The maximum absolute atomic E-state index is 13.0. The van der Waals surface area contributed by atoms with E-state index in [1.54, 1.807) is 24.3 Å². The summed E-state index contributed by atoms with van der Waals surface area (Å²) in [5.41, 5.74) is 4.37. The molecule has 4 rings (SSSR count). The molecule has 0 atom stereocenters. The number of nitrogens with one attached hydrogen (secondary N) is 2. The average molecular weight is 353 g/mol. The van der Waals surface area contributed by atoms with Gasteiger partial charge in [0, 0.05) is 0 Å². The molecule has 0 aromatic carbocycles. The van der Waals surface area contributed by atoms with Gasteiger partial charge in [-0.25, -0.2) is 4.98 Å². The number of H-pyrrole nitrogens is 1. The second kappa shape index (κ2) is 5.82. The number of nitrogens with zero attached hydrogens (tertiary/aromatic N) is 3. The van der Waals surface area contributed by atoms with E-state index in [2.05, 4.69) is 25.7 Å². The SMILES string of the molecule is Cc1n[nH]c(C)c1NC(=O)c1cc(-c2cccs2)nc2onc(C)c12. The van der Waals surface area contributed by atoms with Crippen LogP contribution in [0.3, 0.4) is 0 Å². The minimum Gasteiger partial charge on any atom is -0.335 e. The van der Waals surface area contributed by atoms with Gasteiger partial charge in [-0.05, 0) is 38.3 Å². The van der Waals surface area contributed by atoms with Crippen LogP contribution in [0.25, 0.3) is 21.7 Å². The Morgan fingerprint density at radius 3 is 2.80 bits per heavy atom. The average Bonchev–Trinajstić information content (AvgIpc) is 3.32. The highest BCUT2D eigenvalue weighted by Crippen LogP contribution is 2.30. The van der Waals surface area contributed by atoms with Crippen LogP contribution in [0.4, 0.5) is 5.69 Å². The Kier molecular flexibility index (Phi) is 3.61. The monoisotopic (exact) mass is 353 g/mol. The summed E-state index contributed by atoms with van der Waals surface area (Å²) in [6, 6.07) is 5.67. The van der Waals surface area contributed by atoms with Gasteiger partial charge in [0.1, 0.15) is 0 Å². The number of anilines is 1. The molecule has 4 aromatic rings. The largest absolute Gasteiger partial charge is 0.335 e. The molecule has 4 heterocycles. The predicted molar refractivity (Wildman–Crippen MR) is 95.9 cm³/mol. The molecule has 0 aliphatic rings. The normalized spacial score (nSPS) is 11.2. The van der Waals surface area contributed by atoms with Crippen LogP contribution in [0.2, 0.25) is 0 Å². The van der Waals surface area contributed by atoms with Crippen LogP contribution in [0.1, 0.15) is 27.4 Å². The first-order valence-corrected chi connectivity index (χ1v) is 8.56. The van der Waals surface area contributed by atoms with Crippen molar-refractivity contribution in [1.82, 2.24) is 20.3 Å². The molecule has 7 nitrogen and oxygen atoms in total. The maximum Gasteiger partial charge on any atom is 0.259 e. The fraction of sp³-hybridized carbons (Fsp3) is 0.176. The van der Waals surface area contributed by atoms with Crippen molar-refractivity contribution in [2.24, 2.45) is 0 Å². The van der Waals surface area contributed by atoms with Crippen molar-refractivity contribution in [2.45, 2.75) is 20.8 Å². The number of aromatic amines is 1. The van der Waals surface area contributed by atoms with Gasteiger partial charge in [-0.3, -0.25) is 9.89 Å². The zero-order valence-electron chi connectivity index (χ0n) is 13.9. The number of hydrogen-bond donors (Lipinski definition) is 2. The first-order valence-electron chi connectivity index (χ1n) is 7.68. The molecule has 0 radical (unpaired) electrons. The van der Waals surface area contributed by atoms with E-state index in [9.17, 15) is 4.79 Å². The molecule has 0 aliphatic heterocycles. The van der Waals surface area contributed by atoms with Gasteiger partial charge in [0.05, 0.1) is 44.3 Å². The Morgan fingerprint density at radius 2 is 2.12 bits per heavy atom. The van der Waals surface area contributed by atoms with Crippen LogP contribution in [0.15, 0.2) is 28.1 Å². The summed E-state index contributed by atoms with van der Waals surface area (Å²) in [5, 5.41) is 16.5. The lowest BCUT2D eigenvalue weighted by molar-refractivity contribution is 0.102. The number of aromatic nitrogens is 4. The smallest absolute Gasteiger partial charge is 0.259 e. The third-order valence-corrected chi connectivity index (χ3v) is 4.89. The molecule has 8 heteroatoms. The van der Waals surface area contributed by atoms with Crippen molar-refractivity contribution < 1.29 is 9.32 Å². The lowest BCUT2D eigenvalue weighted by Crippen LogP contribution is -2.14. The van der Waals surface area contributed by atoms with Crippen molar-refractivity contribution in [2.75, 3.05) is 5.32 Å². The van der Waals surface area contributed by atoms with E-state index in [-0.39, 0.29) is 5.91 Å². The summed E-state index contributed by atoms with van der Waals surface area (Å²) < 4.78 is 5.31. The molecule has 2 N–H and O–H groups in total. The Labute approximate surface area is 147 Å². The third-order valence-electron chi connectivity index (χ3n) is 4.00. The third kappa shape index (κ3) is 2.60. The Morgan fingerprint density at radius 1 is 1.28 bits per heavy atom. The van der Waals surface area contributed by atoms with Crippen molar-refractivity contribution in [3.8, 4) is 10.6 Å².